The molecule has 8 heteroatoms. The molecule has 0 radical (unpaired) electrons. The average molecular weight is 326 g/mol. The summed E-state index contributed by atoms with van der Waals surface area (Å²) in [6.45, 7) is 4.04. The lowest BCUT2D eigenvalue weighted by Gasteiger charge is -2.20. The van der Waals surface area contributed by atoms with Gasteiger partial charge in [-0.1, -0.05) is 13.8 Å². The fraction of sp³-hybridized carbons (Fsp3) is 0.417. The second-order valence-electron chi connectivity index (χ2n) is 4.78. The first-order valence-electron chi connectivity index (χ1n) is 5.73. The lowest BCUT2D eigenvalue weighted by atomic mass is 10.1. The van der Waals surface area contributed by atoms with Crippen molar-refractivity contribution in [1.29, 1.82) is 0 Å². The van der Waals surface area contributed by atoms with Gasteiger partial charge in [0.1, 0.15) is 0 Å². The summed E-state index contributed by atoms with van der Waals surface area (Å²) in [7, 11) is 2.23. The van der Waals surface area contributed by atoms with Crippen molar-refractivity contribution in [3.63, 3.8) is 0 Å². The molecule has 0 bridgehead atoms. The molecule has 112 valence electrons. The van der Waals surface area contributed by atoms with Crippen LogP contribution in [0.3, 0.4) is 0 Å². The number of rotatable bonds is 4. The van der Waals surface area contributed by atoms with E-state index in [1.54, 1.807) is 0 Å². The minimum atomic E-state index is -4.36. The predicted octanol–water partition coefficient (Wildman–Crippen LogP) is 2.62. The van der Waals surface area contributed by atoms with Crippen LogP contribution in [0, 0.1) is 17.6 Å². The molecule has 0 aromatic heterocycles. The smallest absolute Gasteiger partial charge is 0.262 e. The third kappa shape index (κ3) is 3.89. The van der Waals surface area contributed by atoms with E-state index in [0.717, 1.165) is 0 Å². The first-order valence-corrected chi connectivity index (χ1v) is 8.04. The summed E-state index contributed by atoms with van der Waals surface area (Å²) in [5.74, 6) is -3.30. The Morgan fingerprint density at radius 2 is 1.80 bits per heavy atom. The summed E-state index contributed by atoms with van der Waals surface area (Å²) in [6, 6.07) is 0.956. The normalized spacial score (nSPS) is 11.8. The zero-order valence-corrected chi connectivity index (χ0v) is 12.7. The van der Waals surface area contributed by atoms with Crippen LogP contribution in [0.15, 0.2) is 17.0 Å². The molecule has 1 amide bonds. The Morgan fingerprint density at radius 3 is 2.25 bits per heavy atom. The third-order valence-electron chi connectivity index (χ3n) is 2.50. The zero-order chi connectivity index (χ0) is 15.7. The number of hydrogen-bond acceptors (Lipinski definition) is 3. The SMILES string of the molecule is CC(C)CN(C)C(=O)c1cc(F)c(F)cc1S(=O)(=O)Cl. The van der Waals surface area contributed by atoms with Crippen molar-refractivity contribution >= 4 is 25.6 Å². The van der Waals surface area contributed by atoms with Crippen molar-refractivity contribution in [2.24, 2.45) is 5.92 Å². The van der Waals surface area contributed by atoms with Crippen LogP contribution in [0.4, 0.5) is 8.78 Å². The van der Waals surface area contributed by atoms with E-state index in [-0.39, 0.29) is 5.92 Å². The second kappa shape index (κ2) is 6.05. The number of nitrogens with zero attached hydrogens (tertiary/aromatic N) is 1. The Balaban J connectivity index is 3.37. The van der Waals surface area contributed by atoms with Crippen LogP contribution in [0.1, 0.15) is 24.2 Å². The summed E-state index contributed by atoms with van der Waals surface area (Å²) in [5.41, 5.74) is -0.484. The molecule has 0 unspecified atom stereocenters. The molecular weight excluding hydrogens is 312 g/mol. The molecule has 0 saturated heterocycles. The average Bonchev–Trinajstić information content (AvgIpc) is 2.28. The van der Waals surface area contributed by atoms with Crippen LogP contribution in [0.2, 0.25) is 0 Å². The monoisotopic (exact) mass is 325 g/mol. The Kier molecular flexibility index (Phi) is 5.10. The van der Waals surface area contributed by atoms with E-state index in [0.29, 0.717) is 18.7 Å². The molecule has 0 spiro atoms. The van der Waals surface area contributed by atoms with Crippen LogP contribution in [0.25, 0.3) is 0 Å². The van der Waals surface area contributed by atoms with Gasteiger partial charge in [0, 0.05) is 24.3 Å². The minimum absolute atomic E-state index is 0.130. The van der Waals surface area contributed by atoms with E-state index in [4.69, 9.17) is 10.7 Å². The maximum atomic E-state index is 13.3. The molecule has 0 aliphatic heterocycles. The summed E-state index contributed by atoms with van der Waals surface area (Å²) < 4.78 is 49.1. The van der Waals surface area contributed by atoms with Gasteiger partial charge in [-0.05, 0) is 18.1 Å². The second-order valence-corrected chi connectivity index (χ2v) is 7.31. The highest BCUT2D eigenvalue weighted by Crippen LogP contribution is 2.24. The lowest BCUT2D eigenvalue weighted by Crippen LogP contribution is -2.31. The first-order chi connectivity index (χ1) is 9.04. The van der Waals surface area contributed by atoms with Crippen LogP contribution >= 0.6 is 10.7 Å². The van der Waals surface area contributed by atoms with E-state index >= 15 is 0 Å². The van der Waals surface area contributed by atoms with Gasteiger partial charge in [-0.3, -0.25) is 4.79 Å². The molecule has 1 aromatic carbocycles. The Hall–Kier alpha value is -1.21. The van der Waals surface area contributed by atoms with Crippen LogP contribution < -0.4 is 0 Å². The number of benzene rings is 1. The minimum Gasteiger partial charge on any atom is -0.341 e. The maximum absolute atomic E-state index is 13.3. The molecule has 4 nitrogen and oxygen atoms in total. The van der Waals surface area contributed by atoms with E-state index in [2.05, 4.69) is 0 Å². The number of carbonyl (C=O) groups is 1. The van der Waals surface area contributed by atoms with Crippen LogP contribution in [-0.2, 0) is 9.05 Å². The van der Waals surface area contributed by atoms with Crippen LogP contribution in [-0.4, -0.2) is 32.8 Å². The highest BCUT2D eigenvalue weighted by Gasteiger charge is 2.26. The van der Waals surface area contributed by atoms with Gasteiger partial charge in [0.15, 0.2) is 11.6 Å². The van der Waals surface area contributed by atoms with Gasteiger partial charge in [-0.2, -0.15) is 0 Å². The molecule has 1 aromatic rings. The lowest BCUT2D eigenvalue weighted by molar-refractivity contribution is 0.0774. The highest BCUT2D eigenvalue weighted by molar-refractivity contribution is 8.13. The Bertz CT molecular complexity index is 632. The molecular formula is C12H14ClF2NO3S. The first kappa shape index (κ1) is 16.8. The van der Waals surface area contributed by atoms with Gasteiger partial charge in [0.2, 0.25) is 0 Å². The van der Waals surface area contributed by atoms with Gasteiger partial charge in [0.25, 0.3) is 15.0 Å². The summed E-state index contributed by atoms with van der Waals surface area (Å²) in [5, 5.41) is 0. The van der Waals surface area contributed by atoms with Crippen molar-refractivity contribution in [1.82, 2.24) is 4.90 Å². The van der Waals surface area contributed by atoms with E-state index in [9.17, 15) is 22.0 Å². The Labute approximate surface area is 120 Å². The molecule has 0 N–H and O–H groups in total. The summed E-state index contributed by atoms with van der Waals surface area (Å²) >= 11 is 0. The number of amides is 1. The van der Waals surface area contributed by atoms with Gasteiger partial charge >= 0.3 is 0 Å². The topological polar surface area (TPSA) is 54.5 Å². The van der Waals surface area contributed by atoms with Gasteiger partial charge in [-0.15, -0.1) is 0 Å². The molecule has 0 saturated carbocycles. The van der Waals surface area contributed by atoms with Crippen molar-refractivity contribution < 1.29 is 22.0 Å². The number of halogens is 3. The molecule has 1 rings (SSSR count). The number of hydrogen-bond donors (Lipinski definition) is 0. The molecule has 0 atom stereocenters. The van der Waals surface area contributed by atoms with Gasteiger partial charge in [-0.25, -0.2) is 17.2 Å². The van der Waals surface area contributed by atoms with E-state index < -0.39 is 37.1 Å². The van der Waals surface area contributed by atoms with Gasteiger partial charge < -0.3 is 4.90 Å². The largest absolute Gasteiger partial charge is 0.341 e. The van der Waals surface area contributed by atoms with Crippen molar-refractivity contribution in [3.8, 4) is 0 Å². The van der Waals surface area contributed by atoms with Crippen LogP contribution in [0.5, 0.6) is 0 Å². The third-order valence-corrected chi connectivity index (χ3v) is 3.86. The molecule has 0 fully saturated rings. The van der Waals surface area contributed by atoms with Crippen molar-refractivity contribution in [2.45, 2.75) is 18.7 Å². The van der Waals surface area contributed by atoms with E-state index in [1.807, 2.05) is 13.8 Å². The molecule has 0 heterocycles. The maximum Gasteiger partial charge on any atom is 0.262 e. The predicted molar refractivity (Wildman–Crippen MR) is 71.2 cm³/mol. The molecule has 20 heavy (non-hydrogen) atoms. The quantitative estimate of drug-likeness (QED) is 0.800. The van der Waals surface area contributed by atoms with Crippen molar-refractivity contribution in [3.05, 3.63) is 29.3 Å². The fourth-order valence-electron chi connectivity index (χ4n) is 1.73. The zero-order valence-electron chi connectivity index (χ0n) is 11.2. The Morgan fingerprint density at radius 1 is 1.30 bits per heavy atom. The van der Waals surface area contributed by atoms with Crippen molar-refractivity contribution in [2.75, 3.05) is 13.6 Å². The number of carbonyl (C=O) groups excluding carboxylic acids is 1. The van der Waals surface area contributed by atoms with E-state index in [1.165, 1.54) is 11.9 Å². The van der Waals surface area contributed by atoms with Gasteiger partial charge in [0.05, 0.1) is 10.5 Å². The molecule has 0 aliphatic carbocycles. The molecule has 0 aliphatic rings. The summed E-state index contributed by atoms with van der Waals surface area (Å²) in [4.78, 5) is 12.6. The standard InChI is InChI=1S/C12H14ClF2NO3S/c1-7(2)6-16(3)12(17)8-4-9(14)10(15)5-11(8)20(13,18)19/h4-5,7H,6H2,1-3H3. The fourth-order valence-corrected chi connectivity index (χ4v) is 2.77. The summed E-state index contributed by atoms with van der Waals surface area (Å²) in [6.07, 6.45) is 0. The highest BCUT2D eigenvalue weighted by atomic mass is 35.7.